The maximum atomic E-state index is 4.59. The number of rotatable bonds is 2. The van der Waals surface area contributed by atoms with Crippen LogP contribution >= 0.6 is 15.9 Å². The molecule has 3 nitrogen and oxygen atoms in total. The minimum atomic E-state index is 0.861. The summed E-state index contributed by atoms with van der Waals surface area (Å²) in [5, 5.41) is 0. The van der Waals surface area contributed by atoms with Crippen molar-refractivity contribution in [3.63, 3.8) is 0 Å². The van der Waals surface area contributed by atoms with Gasteiger partial charge in [0.1, 0.15) is 5.69 Å². The Morgan fingerprint density at radius 2 is 1.95 bits per heavy atom. The van der Waals surface area contributed by atoms with E-state index < -0.39 is 0 Å². The molecule has 2 aromatic heterocycles. The number of hydrogen-bond donors (Lipinski definition) is 0. The number of pyridine rings is 1. The van der Waals surface area contributed by atoms with E-state index in [2.05, 4.69) is 37.2 Å². The number of aryl methyl sites for hydroxylation is 2. The number of imidazole rings is 1. The van der Waals surface area contributed by atoms with Gasteiger partial charge in [0, 0.05) is 22.6 Å². The fraction of sp³-hybridized carbons (Fsp3) is 0.125. The fourth-order valence-electron chi connectivity index (χ4n) is 2.10. The molecule has 0 aliphatic heterocycles. The predicted molar refractivity (Wildman–Crippen MR) is 86.1 cm³/mol. The van der Waals surface area contributed by atoms with E-state index in [-0.39, 0.29) is 0 Å². The lowest BCUT2D eigenvalue weighted by atomic mass is 10.2. The van der Waals surface area contributed by atoms with Gasteiger partial charge in [0.15, 0.2) is 5.65 Å². The zero-order valence-corrected chi connectivity index (χ0v) is 12.9. The molecule has 2 heterocycles. The molecular weight excluding hydrogens is 314 g/mol. The number of aliphatic imine (C=N–C) groups is 1. The maximum Gasteiger partial charge on any atom is 0.163 e. The maximum absolute atomic E-state index is 4.59. The van der Waals surface area contributed by atoms with Crippen LogP contribution in [0, 0.1) is 13.8 Å². The first-order chi connectivity index (χ1) is 9.65. The van der Waals surface area contributed by atoms with Crippen LogP contribution in [0.5, 0.6) is 0 Å². The Kier molecular flexibility index (Phi) is 3.40. The lowest BCUT2D eigenvalue weighted by Gasteiger charge is -2.01. The van der Waals surface area contributed by atoms with Gasteiger partial charge in [0.05, 0.1) is 5.69 Å². The smallest absolute Gasteiger partial charge is 0.163 e. The summed E-state index contributed by atoms with van der Waals surface area (Å²) in [6.07, 6.45) is 3.88. The Balaban J connectivity index is 2.12. The molecular formula is C16H14BrN3. The summed E-state index contributed by atoms with van der Waals surface area (Å²) in [5.41, 5.74) is 4.98. The second kappa shape index (κ2) is 5.21. The summed E-state index contributed by atoms with van der Waals surface area (Å²) in [6, 6.07) is 12.0. The molecule has 0 aliphatic rings. The molecule has 0 saturated carbocycles. The van der Waals surface area contributed by atoms with Crippen molar-refractivity contribution in [3.05, 3.63) is 64.0 Å². The van der Waals surface area contributed by atoms with E-state index in [1.54, 1.807) is 0 Å². The van der Waals surface area contributed by atoms with E-state index in [1.165, 1.54) is 0 Å². The largest absolute Gasteiger partial charge is 0.301 e. The minimum absolute atomic E-state index is 0.861. The molecule has 0 saturated heterocycles. The highest BCUT2D eigenvalue weighted by Gasteiger charge is 2.09. The molecule has 0 spiro atoms. The predicted octanol–water partition coefficient (Wildman–Crippen LogP) is 4.46. The Morgan fingerprint density at radius 3 is 2.70 bits per heavy atom. The highest BCUT2D eigenvalue weighted by atomic mass is 79.9. The van der Waals surface area contributed by atoms with Crippen LogP contribution in [0.1, 0.15) is 17.0 Å². The molecule has 100 valence electrons. The van der Waals surface area contributed by atoms with Gasteiger partial charge >= 0.3 is 0 Å². The van der Waals surface area contributed by atoms with Gasteiger partial charge in [-0.15, -0.1) is 0 Å². The van der Waals surface area contributed by atoms with Crippen LogP contribution in [-0.2, 0) is 0 Å². The average molecular weight is 328 g/mol. The van der Waals surface area contributed by atoms with Crippen LogP contribution in [0.25, 0.3) is 5.65 Å². The Morgan fingerprint density at radius 1 is 1.20 bits per heavy atom. The molecule has 0 amide bonds. The van der Waals surface area contributed by atoms with E-state index in [0.717, 1.165) is 32.8 Å². The topological polar surface area (TPSA) is 29.7 Å². The molecule has 3 aromatic rings. The SMILES string of the molecule is Cc1nc2c(N=Cc3ccccc3)cc(Br)cn2c1C. The van der Waals surface area contributed by atoms with Crippen molar-refractivity contribution in [2.75, 3.05) is 0 Å². The van der Waals surface area contributed by atoms with Gasteiger partial charge < -0.3 is 4.40 Å². The van der Waals surface area contributed by atoms with Gasteiger partial charge in [-0.05, 0) is 41.4 Å². The Bertz CT molecular complexity index is 788. The quantitative estimate of drug-likeness (QED) is 0.639. The van der Waals surface area contributed by atoms with Crippen molar-refractivity contribution in [2.24, 2.45) is 4.99 Å². The normalized spacial score (nSPS) is 11.6. The first-order valence-corrected chi connectivity index (χ1v) is 7.18. The van der Waals surface area contributed by atoms with Gasteiger partial charge in [-0.3, -0.25) is 4.99 Å². The fourth-order valence-corrected chi connectivity index (χ4v) is 2.52. The summed E-state index contributed by atoms with van der Waals surface area (Å²) in [6.45, 7) is 4.08. The van der Waals surface area contributed by atoms with Gasteiger partial charge in [-0.2, -0.15) is 0 Å². The number of aromatic nitrogens is 2. The second-order valence-corrected chi connectivity index (χ2v) is 5.60. The Labute approximate surface area is 126 Å². The molecule has 0 aliphatic carbocycles. The van der Waals surface area contributed by atoms with E-state index in [9.17, 15) is 0 Å². The van der Waals surface area contributed by atoms with Gasteiger partial charge in [0.2, 0.25) is 0 Å². The van der Waals surface area contributed by atoms with Crippen LogP contribution in [0.3, 0.4) is 0 Å². The molecule has 20 heavy (non-hydrogen) atoms. The molecule has 3 rings (SSSR count). The molecule has 0 unspecified atom stereocenters. The van der Waals surface area contributed by atoms with Crippen LogP contribution in [-0.4, -0.2) is 15.6 Å². The zero-order valence-electron chi connectivity index (χ0n) is 11.3. The molecule has 4 heteroatoms. The monoisotopic (exact) mass is 327 g/mol. The van der Waals surface area contributed by atoms with Crippen molar-refractivity contribution >= 4 is 33.5 Å². The summed E-state index contributed by atoms with van der Waals surface area (Å²) in [4.78, 5) is 9.18. The van der Waals surface area contributed by atoms with Gasteiger partial charge in [0.25, 0.3) is 0 Å². The van der Waals surface area contributed by atoms with Gasteiger partial charge in [-0.25, -0.2) is 4.98 Å². The summed E-state index contributed by atoms with van der Waals surface area (Å²) in [7, 11) is 0. The van der Waals surface area contributed by atoms with Crippen LogP contribution in [0.15, 0.2) is 52.1 Å². The van der Waals surface area contributed by atoms with Crippen LogP contribution in [0.2, 0.25) is 0 Å². The standard InChI is InChI=1S/C16H14BrN3/c1-11-12(2)20-10-14(17)8-15(16(20)19-11)18-9-13-6-4-3-5-7-13/h3-10H,1-2H3. The van der Waals surface area contributed by atoms with E-state index in [1.807, 2.05) is 55.7 Å². The lowest BCUT2D eigenvalue weighted by molar-refractivity contribution is 1.09. The minimum Gasteiger partial charge on any atom is -0.301 e. The average Bonchev–Trinajstić information content (AvgIpc) is 2.74. The Hall–Kier alpha value is -1.94. The van der Waals surface area contributed by atoms with Crippen molar-refractivity contribution in [1.82, 2.24) is 9.38 Å². The van der Waals surface area contributed by atoms with E-state index in [4.69, 9.17) is 0 Å². The molecule has 0 atom stereocenters. The van der Waals surface area contributed by atoms with Crippen LogP contribution in [0.4, 0.5) is 5.69 Å². The number of benzene rings is 1. The second-order valence-electron chi connectivity index (χ2n) is 4.69. The third-order valence-corrected chi connectivity index (χ3v) is 3.73. The number of nitrogens with zero attached hydrogens (tertiary/aromatic N) is 3. The third kappa shape index (κ3) is 2.39. The molecule has 0 N–H and O–H groups in total. The summed E-state index contributed by atoms with van der Waals surface area (Å²) >= 11 is 3.53. The third-order valence-electron chi connectivity index (χ3n) is 3.30. The first kappa shape index (κ1) is 13.1. The number of fused-ring (bicyclic) bond motifs is 1. The van der Waals surface area contributed by atoms with Crippen molar-refractivity contribution in [3.8, 4) is 0 Å². The zero-order chi connectivity index (χ0) is 14.1. The number of halogens is 1. The van der Waals surface area contributed by atoms with Gasteiger partial charge in [-0.1, -0.05) is 30.3 Å². The molecule has 0 bridgehead atoms. The highest BCUT2D eigenvalue weighted by Crippen LogP contribution is 2.26. The molecule has 0 fully saturated rings. The molecule has 0 radical (unpaired) electrons. The summed E-state index contributed by atoms with van der Waals surface area (Å²) < 4.78 is 3.06. The molecule has 1 aromatic carbocycles. The summed E-state index contributed by atoms with van der Waals surface area (Å²) in [5.74, 6) is 0. The first-order valence-electron chi connectivity index (χ1n) is 6.39. The van der Waals surface area contributed by atoms with E-state index >= 15 is 0 Å². The highest BCUT2D eigenvalue weighted by molar-refractivity contribution is 9.10. The van der Waals surface area contributed by atoms with Crippen molar-refractivity contribution < 1.29 is 0 Å². The van der Waals surface area contributed by atoms with Crippen molar-refractivity contribution in [1.29, 1.82) is 0 Å². The van der Waals surface area contributed by atoms with E-state index in [0.29, 0.717) is 0 Å². The van der Waals surface area contributed by atoms with Crippen LogP contribution < -0.4 is 0 Å². The van der Waals surface area contributed by atoms with Crippen molar-refractivity contribution in [2.45, 2.75) is 13.8 Å². The lowest BCUT2D eigenvalue weighted by Crippen LogP contribution is -1.88. The number of hydrogen-bond acceptors (Lipinski definition) is 2.